The van der Waals surface area contributed by atoms with Gasteiger partial charge in [0.05, 0.1) is 28.3 Å². The molecule has 3 aromatic carbocycles. The lowest BCUT2D eigenvalue weighted by Gasteiger charge is -2.36. The van der Waals surface area contributed by atoms with E-state index < -0.39 is 8.32 Å². The molecule has 0 fully saturated rings. The van der Waals surface area contributed by atoms with Gasteiger partial charge in [0.1, 0.15) is 11.5 Å². The summed E-state index contributed by atoms with van der Waals surface area (Å²) in [6.45, 7) is 11.3. The smallest absolute Gasteiger partial charge is 0.322 e. The van der Waals surface area contributed by atoms with Crippen LogP contribution in [0.3, 0.4) is 0 Å². The van der Waals surface area contributed by atoms with Gasteiger partial charge in [0.15, 0.2) is 17.1 Å². The molecule has 40 heavy (non-hydrogen) atoms. The van der Waals surface area contributed by atoms with Gasteiger partial charge in [-0.3, -0.25) is 0 Å². The number of methoxy groups -OCH3 is 2. The number of benzene rings is 3. The molecule has 0 aliphatic carbocycles. The molecule has 0 radical (unpaired) electrons. The maximum Gasteiger partial charge on any atom is 0.322 e. The summed E-state index contributed by atoms with van der Waals surface area (Å²) in [4.78, 5) is 1.22. The van der Waals surface area contributed by atoms with Crippen molar-refractivity contribution in [1.29, 1.82) is 0 Å². The second kappa shape index (κ2) is 12.1. The molecule has 4 aromatic rings. The highest BCUT2D eigenvalue weighted by molar-refractivity contribution is 7.99. The third-order valence-electron chi connectivity index (χ3n) is 7.97. The lowest BCUT2D eigenvalue weighted by atomic mass is 10.0. The van der Waals surface area contributed by atoms with Crippen LogP contribution in [0.4, 0.5) is 0 Å². The summed E-state index contributed by atoms with van der Waals surface area (Å²) in [5.41, 5.74) is 5.01. The van der Waals surface area contributed by atoms with Crippen molar-refractivity contribution in [1.82, 2.24) is 4.57 Å². The SMILES string of the molecule is COc1ccc(Cc2c(Cc3ccc(OC)c(O[Si](C)(C)C(C)(C)C)c3)n(C)c(Sc3ccccc3)[n+]2C)cc1. The van der Waals surface area contributed by atoms with E-state index in [4.69, 9.17) is 13.9 Å². The first-order chi connectivity index (χ1) is 18.9. The Balaban J connectivity index is 1.75. The third-order valence-corrected chi connectivity index (χ3v) is 13.6. The molecule has 0 saturated heterocycles. The summed E-state index contributed by atoms with van der Waals surface area (Å²) >= 11 is 1.79. The second-order valence-electron chi connectivity index (χ2n) is 11.8. The molecule has 0 aliphatic heterocycles. The molecular weight excluding hydrogens is 533 g/mol. The monoisotopic (exact) mass is 575 g/mol. The fourth-order valence-corrected chi connectivity index (χ4v) is 6.50. The highest BCUT2D eigenvalue weighted by Gasteiger charge is 2.39. The van der Waals surface area contributed by atoms with Crippen LogP contribution in [-0.2, 0) is 26.9 Å². The molecular formula is C33H43N2O3SSi+. The molecule has 0 saturated carbocycles. The lowest BCUT2D eigenvalue weighted by molar-refractivity contribution is -0.715. The Morgan fingerprint density at radius 3 is 2.08 bits per heavy atom. The summed E-state index contributed by atoms with van der Waals surface area (Å²) in [7, 11) is 5.73. The van der Waals surface area contributed by atoms with Gasteiger partial charge in [-0.25, -0.2) is 9.13 Å². The first-order valence-electron chi connectivity index (χ1n) is 13.7. The molecule has 1 heterocycles. The van der Waals surface area contributed by atoms with Crippen molar-refractivity contribution in [2.24, 2.45) is 14.1 Å². The highest BCUT2D eigenvalue weighted by Crippen LogP contribution is 2.40. The molecule has 4 rings (SSSR count). The van der Waals surface area contributed by atoms with Crippen molar-refractivity contribution in [3.63, 3.8) is 0 Å². The van der Waals surface area contributed by atoms with Gasteiger partial charge in [-0.2, -0.15) is 0 Å². The number of aromatic nitrogens is 2. The minimum absolute atomic E-state index is 0.0922. The van der Waals surface area contributed by atoms with Crippen LogP contribution < -0.4 is 18.5 Å². The van der Waals surface area contributed by atoms with Crippen molar-refractivity contribution >= 4 is 20.1 Å². The summed E-state index contributed by atoms with van der Waals surface area (Å²) < 4.78 is 22.5. The second-order valence-corrected chi connectivity index (χ2v) is 17.5. The number of hydrogen-bond donors (Lipinski definition) is 0. The Bertz CT molecular complexity index is 1440. The van der Waals surface area contributed by atoms with Crippen molar-refractivity contribution in [3.05, 3.63) is 95.3 Å². The first-order valence-corrected chi connectivity index (χ1v) is 17.4. The maximum absolute atomic E-state index is 6.74. The van der Waals surface area contributed by atoms with Gasteiger partial charge in [-0.05, 0) is 77.4 Å². The molecule has 0 N–H and O–H groups in total. The molecule has 0 atom stereocenters. The third kappa shape index (κ3) is 6.58. The van der Waals surface area contributed by atoms with Crippen LogP contribution in [0.5, 0.6) is 17.2 Å². The maximum atomic E-state index is 6.74. The Labute approximate surface area is 245 Å². The standard InChI is InChI=1S/C33H43N2O3SSi/c1-33(2,3)40(8,9)38-31-23-25(17-20-30(31)37-7)22-29-28(21-24-15-18-26(36-6)19-16-24)34(4)32(35(29)5)39-27-13-11-10-12-14-27/h10-20,23H,21-22H2,1-9H3/q+1. The average Bonchev–Trinajstić information content (AvgIpc) is 3.13. The Morgan fingerprint density at radius 1 is 0.825 bits per heavy atom. The Kier molecular flexibility index (Phi) is 9.05. The van der Waals surface area contributed by atoms with Gasteiger partial charge < -0.3 is 13.9 Å². The van der Waals surface area contributed by atoms with Gasteiger partial charge in [-0.1, -0.05) is 57.2 Å². The van der Waals surface area contributed by atoms with Crippen LogP contribution in [0.15, 0.2) is 82.8 Å². The van der Waals surface area contributed by atoms with E-state index in [0.29, 0.717) is 0 Å². The van der Waals surface area contributed by atoms with Crippen LogP contribution in [0.25, 0.3) is 0 Å². The fraction of sp³-hybridized carbons (Fsp3) is 0.364. The van der Waals surface area contributed by atoms with Crippen molar-refractivity contribution < 1.29 is 18.5 Å². The Morgan fingerprint density at radius 2 is 1.48 bits per heavy atom. The average molecular weight is 576 g/mol. The zero-order chi connectivity index (χ0) is 29.1. The highest BCUT2D eigenvalue weighted by atomic mass is 32.2. The van der Waals surface area contributed by atoms with Crippen molar-refractivity contribution in [3.8, 4) is 17.2 Å². The zero-order valence-electron chi connectivity index (χ0n) is 25.4. The van der Waals surface area contributed by atoms with Crippen LogP contribution in [-0.4, -0.2) is 27.1 Å². The van der Waals surface area contributed by atoms with E-state index in [-0.39, 0.29) is 5.04 Å². The van der Waals surface area contributed by atoms with E-state index in [2.05, 4.69) is 112 Å². The van der Waals surface area contributed by atoms with Crippen LogP contribution >= 0.6 is 11.8 Å². The molecule has 0 spiro atoms. The predicted octanol–water partition coefficient (Wildman–Crippen LogP) is 7.58. The molecule has 5 nitrogen and oxygen atoms in total. The van der Waals surface area contributed by atoms with Gasteiger partial charge in [0, 0.05) is 17.7 Å². The summed E-state index contributed by atoms with van der Waals surface area (Å²) in [6, 6.07) is 25.3. The molecule has 0 aliphatic rings. The van der Waals surface area contributed by atoms with Gasteiger partial charge >= 0.3 is 5.16 Å². The van der Waals surface area contributed by atoms with E-state index in [1.807, 2.05) is 18.2 Å². The van der Waals surface area contributed by atoms with Crippen molar-refractivity contribution in [2.75, 3.05) is 14.2 Å². The van der Waals surface area contributed by atoms with Crippen LogP contribution in [0.1, 0.15) is 43.3 Å². The Hall–Kier alpha value is -3.16. The number of nitrogens with zero attached hydrogens (tertiary/aromatic N) is 2. The fourth-order valence-electron chi connectivity index (χ4n) is 4.48. The topological polar surface area (TPSA) is 36.5 Å². The molecule has 212 valence electrons. The van der Waals surface area contributed by atoms with Crippen LogP contribution in [0, 0.1) is 0 Å². The van der Waals surface area contributed by atoms with E-state index in [9.17, 15) is 0 Å². The summed E-state index contributed by atoms with van der Waals surface area (Å²) in [5, 5.41) is 1.28. The quantitative estimate of drug-likeness (QED) is 0.144. The number of rotatable bonds is 10. The minimum atomic E-state index is -2.04. The largest absolute Gasteiger partial charge is 0.541 e. The van der Waals surface area contributed by atoms with E-state index in [1.54, 1.807) is 26.0 Å². The number of hydrogen-bond acceptors (Lipinski definition) is 4. The number of ether oxygens (including phenoxy) is 2. The van der Waals surface area contributed by atoms with Gasteiger partial charge in [0.25, 0.3) is 8.32 Å². The molecule has 7 heteroatoms. The molecule has 1 aromatic heterocycles. The van der Waals surface area contributed by atoms with E-state index >= 15 is 0 Å². The van der Waals surface area contributed by atoms with E-state index in [0.717, 1.165) is 30.1 Å². The summed E-state index contributed by atoms with van der Waals surface area (Å²) in [5.74, 6) is 2.49. The van der Waals surface area contributed by atoms with Crippen molar-refractivity contribution in [2.45, 2.75) is 61.8 Å². The predicted molar refractivity (Wildman–Crippen MR) is 167 cm³/mol. The van der Waals surface area contributed by atoms with Crippen LogP contribution in [0.2, 0.25) is 18.1 Å². The first kappa shape index (κ1) is 29.8. The molecule has 0 amide bonds. The number of imidazole rings is 1. The van der Waals surface area contributed by atoms with Gasteiger partial charge in [-0.15, -0.1) is 0 Å². The van der Waals surface area contributed by atoms with Gasteiger partial charge in [0.2, 0.25) is 0 Å². The molecule has 0 unspecified atom stereocenters. The summed E-state index contributed by atoms with van der Waals surface area (Å²) in [6.07, 6.45) is 1.60. The minimum Gasteiger partial charge on any atom is -0.541 e. The molecule has 0 bridgehead atoms. The normalized spacial score (nSPS) is 11.9. The zero-order valence-corrected chi connectivity index (χ0v) is 27.2. The van der Waals surface area contributed by atoms with E-state index in [1.165, 1.54) is 32.6 Å². The lowest BCUT2D eigenvalue weighted by Crippen LogP contribution is -2.43.